The van der Waals surface area contributed by atoms with Gasteiger partial charge >= 0.3 is 0 Å². The van der Waals surface area contributed by atoms with Gasteiger partial charge in [0, 0.05) is 17.1 Å². The lowest BCUT2D eigenvalue weighted by Gasteiger charge is -2.37. The van der Waals surface area contributed by atoms with Gasteiger partial charge < -0.3 is 10.1 Å². The van der Waals surface area contributed by atoms with E-state index in [1.807, 2.05) is 12.1 Å². The Bertz CT molecular complexity index is 608. The third-order valence-corrected chi connectivity index (χ3v) is 4.93. The van der Waals surface area contributed by atoms with E-state index in [9.17, 15) is 0 Å². The lowest BCUT2D eigenvalue weighted by Crippen LogP contribution is -2.39. The topological polar surface area (TPSA) is 21.3 Å². The summed E-state index contributed by atoms with van der Waals surface area (Å²) in [5.74, 6) is 1.61. The van der Waals surface area contributed by atoms with Crippen LogP contribution in [0.4, 0.5) is 0 Å². The number of benzene rings is 2. The summed E-state index contributed by atoms with van der Waals surface area (Å²) >= 11 is 3.65. The van der Waals surface area contributed by atoms with Crippen molar-refractivity contribution in [2.75, 3.05) is 7.11 Å². The van der Waals surface area contributed by atoms with Gasteiger partial charge in [-0.2, -0.15) is 0 Å². The van der Waals surface area contributed by atoms with E-state index >= 15 is 0 Å². The van der Waals surface area contributed by atoms with Crippen molar-refractivity contribution in [3.8, 4) is 5.75 Å². The predicted molar refractivity (Wildman–Crippen MR) is 89.7 cm³/mol. The molecule has 1 saturated carbocycles. The van der Waals surface area contributed by atoms with Crippen LogP contribution in [0, 0.1) is 0 Å². The second-order valence-corrected chi connectivity index (χ2v) is 6.47. The van der Waals surface area contributed by atoms with Gasteiger partial charge in [0.25, 0.3) is 0 Å². The zero-order valence-corrected chi connectivity index (χ0v) is 13.8. The Balaban J connectivity index is 1.50. The first-order valence-corrected chi connectivity index (χ1v) is 8.16. The summed E-state index contributed by atoms with van der Waals surface area (Å²) < 4.78 is 6.49. The van der Waals surface area contributed by atoms with E-state index in [0.29, 0.717) is 12.0 Å². The van der Waals surface area contributed by atoms with Crippen LogP contribution < -0.4 is 10.1 Å². The fraction of sp³-hybridized carbons (Fsp3) is 0.333. The minimum absolute atomic E-state index is 0.619. The van der Waals surface area contributed by atoms with Crippen molar-refractivity contribution >= 4 is 15.9 Å². The Morgan fingerprint density at radius 2 is 1.95 bits per heavy atom. The highest BCUT2D eigenvalue weighted by molar-refractivity contribution is 9.10. The molecule has 0 aromatic heterocycles. The van der Waals surface area contributed by atoms with Crippen LogP contribution in [-0.4, -0.2) is 13.2 Å². The molecule has 0 unspecified atom stereocenters. The Morgan fingerprint density at radius 1 is 1.14 bits per heavy atom. The Morgan fingerprint density at radius 3 is 2.71 bits per heavy atom. The normalized spacial score (nSPS) is 20.9. The molecule has 0 amide bonds. The predicted octanol–water partition coefficient (Wildman–Crippen LogP) is 4.49. The SMILES string of the molecule is COc1cccc(CNC2CC(c3ccccc3Br)C2)c1. The molecule has 3 rings (SSSR count). The van der Waals surface area contributed by atoms with E-state index < -0.39 is 0 Å². The summed E-state index contributed by atoms with van der Waals surface area (Å²) in [4.78, 5) is 0. The lowest BCUT2D eigenvalue weighted by molar-refractivity contribution is 0.288. The fourth-order valence-corrected chi connectivity index (χ4v) is 3.50. The van der Waals surface area contributed by atoms with Gasteiger partial charge in [0.05, 0.1) is 7.11 Å². The van der Waals surface area contributed by atoms with Gasteiger partial charge in [-0.05, 0) is 48.1 Å². The van der Waals surface area contributed by atoms with Crippen LogP contribution in [0.25, 0.3) is 0 Å². The lowest BCUT2D eigenvalue weighted by atomic mass is 9.76. The van der Waals surface area contributed by atoms with Crippen molar-refractivity contribution in [1.29, 1.82) is 0 Å². The number of methoxy groups -OCH3 is 1. The fourth-order valence-electron chi connectivity index (χ4n) is 2.89. The monoisotopic (exact) mass is 345 g/mol. The molecule has 1 fully saturated rings. The van der Waals surface area contributed by atoms with Gasteiger partial charge in [0.15, 0.2) is 0 Å². The molecule has 3 heteroatoms. The molecule has 0 atom stereocenters. The summed E-state index contributed by atoms with van der Waals surface area (Å²) in [5, 5.41) is 3.64. The first-order chi connectivity index (χ1) is 10.3. The Labute approximate surface area is 134 Å². The van der Waals surface area contributed by atoms with Crippen molar-refractivity contribution in [1.82, 2.24) is 5.32 Å². The number of hydrogen-bond acceptors (Lipinski definition) is 2. The second-order valence-electron chi connectivity index (χ2n) is 5.62. The minimum atomic E-state index is 0.619. The second kappa shape index (κ2) is 6.63. The maximum Gasteiger partial charge on any atom is 0.119 e. The Hall–Kier alpha value is -1.32. The van der Waals surface area contributed by atoms with Gasteiger partial charge in [-0.3, -0.25) is 0 Å². The average Bonchev–Trinajstić information content (AvgIpc) is 2.47. The quantitative estimate of drug-likeness (QED) is 0.861. The van der Waals surface area contributed by atoms with E-state index in [4.69, 9.17) is 4.74 Å². The average molecular weight is 346 g/mol. The molecule has 1 aliphatic carbocycles. The summed E-state index contributed by atoms with van der Waals surface area (Å²) in [5.41, 5.74) is 2.72. The van der Waals surface area contributed by atoms with Gasteiger partial charge in [-0.1, -0.05) is 46.3 Å². The summed E-state index contributed by atoms with van der Waals surface area (Å²) in [6.07, 6.45) is 2.43. The maximum absolute atomic E-state index is 5.26. The molecule has 21 heavy (non-hydrogen) atoms. The summed E-state index contributed by atoms with van der Waals surface area (Å²) in [6, 6.07) is 17.4. The van der Waals surface area contributed by atoms with Crippen LogP contribution >= 0.6 is 15.9 Å². The molecule has 2 aromatic carbocycles. The molecule has 0 spiro atoms. The maximum atomic E-state index is 5.26. The van der Waals surface area contributed by atoms with E-state index in [0.717, 1.165) is 12.3 Å². The molecule has 0 heterocycles. The molecule has 0 saturated heterocycles. The molecule has 0 aliphatic heterocycles. The highest BCUT2D eigenvalue weighted by Gasteiger charge is 2.30. The number of hydrogen-bond donors (Lipinski definition) is 1. The van der Waals surface area contributed by atoms with E-state index in [1.165, 1.54) is 28.4 Å². The third-order valence-electron chi connectivity index (χ3n) is 4.21. The standard InChI is InChI=1S/C18H20BrNO/c1-21-16-6-4-5-13(9-16)12-20-15-10-14(11-15)17-7-2-3-8-18(17)19/h2-9,14-15,20H,10-12H2,1H3. The number of nitrogens with one attached hydrogen (secondary N) is 1. The molecule has 0 bridgehead atoms. The van der Waals surface area contributed by atoms with Crippen LogP contribution in [0.2, 0.25) is 0 Å². The van der Waals surface area contributed by atoms with Crippen molar-refractivity contribution in [3.63, 3.8) is 0 Å². The van der Waals surface area contributed by atoms with Crippen LogP contribution in [-0.2, 0) is 6.54 Å². The van der Waals surface area contributed by atoms with E-state index in [1.54, 1.807) is 7.11 Å². The molecule has 1 aliphatic rings. The third kappa shape index (κ3) is 3.47. The van der Waals surface area contributed by atoms with Gasteiger partial charge in [-0.15, -0.1) is 0 Å². The summed E-state index contributed by atoms with van der Waals surface area (Å²) in [6.45, 7) is 0.907. The van der Waals surface area contributed by atoms with Crippen LogP contribution in [0.15, 0.2) is 53.0 Å². The zero-order valence-electron chi connectivity index (χ0n) is 12.2. The number of halogens is 1. The number of rotatable bonds is 5. The van der Waals surface area contributed by atoms with Crippen LogP contribution in [0.1, 0.15) is 29.9 Å². The van der Waals surface area contributed by atoms with Gasteiger partial charge in [0.1, 0.15) is 5.75 Å². The molecule has 1 N–H and O–H groups in total. The highest BCUT2D eigenvalue weighted by Crippen LogP contribution is 2.40. The summed E-state index contributed by atoms with van der Waals surface area (Å²) in [7, 11) is 1.71. The smallest absolute Gasteiger partial charge is 0.119 e. The van der Waals surface area contributed by atoms with Crippen molar-refractivity contribution < 1.29 is 4.74 Å². The van der Waals surface area contributed by atoms with Gasteiger partial charge in [0.2, 0.25) is 0 Å². The first kappa shape index (κ1) is 14.6. The van der Waals surface area contributed by atoms with E-state index in [2.05, 4.69) is 57.6 Å². The minimum Gasteiger partial charge on any atom is -0.497 e. The molecule has 110 valence electrons. The highest BCUT2D eigenvalue weighted by atomic mass is 79.9. The van der Waals surface area contributed by atoms with Crippen LogP contribution in [0.5, 0.6) is 5.75 Å². The van der Waals surface area contributed by atoms with Gasteiger partial charge in [-0.25, -0.2) is 0 Å². The van der Waals surface area contributed by atoms with Crippen molar-refractivity contribution in [3.05, 3.63) is 64.1 Å². The molecule has 2 aromatic rings. The first-order valence-electron chi connectivity index (χ1n) is 7.37. The largest absolute Gasteiger partial charge is 0.497 e. The molecule has 0 radical (unpaired) electrons. The number of ether oxygens (including phenoxy) is 1. The zero-order chi connectivity index (χ0) is 14.7. The molecular weight excluding hydrogens is 326 g/mol. The molecular formula is C18H20BrNO. The Kier molecular flexibility index (Phi) is 4.61. The van der Waals surface area contributed by atoms with E-state index in [-0.39, 0.29) is 0 Å². The van der Waals surface area contributed by atoms with Crippen molar-refractivity contribution in [2.24, 2.45) is 0 Å². The van der Waals surface area contributed by atoms with Crippen LogP contribution in [0.3, 0.4) is 0 Å². The van der Waals surface area contributed by atoms with Crippen molar-refractivity contribution in [2.45, 2.75) is 31.3 Å². The molecule has 2 nitrogen and oxygen atoms in total.